The summed E-state index contributed by atoms with van der Waals surface area (Å²) >= 11 is 0. The molecule has 0 aromatic heterocycles. The summed E-state index contributed by atoms with van der Waals surface area (Å²) in [6.07, 6.45) is 0. The van der Waals surface area contributed by atoms with Crippen LogP contribution in [0.1, 0.15) is 11.1 Å². The molecule has 2 aromatic carbocycles. The minimum Gasteiger partial charge on any atom is -0.487 e. The van der Waals surface area contributed by atoms with Crippen molar-refractivity contribution in [1.82, 2.24) is 0 Å². The van der Waals surface area contributed by atoms with Gasteiger partial charge in [0, 0.05) is 0 Å². The maximum Gasteiger partial charge on any atom is 0.167 e. The van der Waals surface area contributed by atoms with E-state index in [4.69, 9.17) is 10.5 Å². The van der Waals surface area contributed by atoms with Crippen LogP contribution in [0.4, 0.5) is 4.39 Å². The Bertz CT molecular complexity index is 637. The van der Waals surface area contributed by atoms with Crippen molar-refractivity contribution in [3.63, 3.8) is 0 Å². The van der Waals surface area contributed by atoms with Gasteiger partial charge in [0.15, 0.2) is 17.1 Å². The number of nitrogens with two attached hydrogens (primary N) is 1. The van der Waals surface area contributed by atoms with E-state index in [0.29, 0.717) is 11.1 Å². The van der Waals surface area contributed by atoms with Gasteiger partial charge in [-0.2, -0.15) is 5.26 Å². The van der Waals surface area contributed by atoms with E-state index in [9.17, 15) is 9.65 Å². The van der Waals surface area contributed by atoms with Gasteiger partial charge in [0.05, 0.1) is 6.07 Å². The maximum atomic E-state index is 13.8. The number of nitriles is 1. The van der Waals surface area contributed by atoms with E-state index in [-0.39, 0.29) is 12.4 Å². The molecule has 1 unspecified atom stereocenters. The normalized spacial score (nSPS) is 13.3. The number of ether oxygens (including phenoxy) is 1. The number of halogens is 1. The third kappa shape index (κ3) is 2.79. The van der Waals surface area contributed by atoms with Crippen molar-refractivity contribution >= 4 is 0 Å². The van der Waals surface area contributed by atoms with Crippen molar-refractivity contribution in [1.29, 1.82) is 5.26 Å². The molecule has 3 nitrogen and oxygen atoms in total. The zero-order valence-electron chi connectivity index (χ0n) is 11.1. The van der Waals surface area contributed by atoms with Crippen molar-refractivity contribution in [3.05, 3.63) is 65.5 Å². The number of aryl methyl sites for hydroxylation is 1. The summed E-state index contributed by atoms with van der Waals surface area (Å²) in [6, 6.07) is 15.8. The van der Waals surface area contributed by atoms with Crippen molar-refractivity contribution in [2.45, 2.75) is 12.5 Å². The standard InChI is InChI=1S/C16H15FN2O/c1-12-6-5-9-14(15(12)17)20-11-16(19,10-18)13-7-3-2-4-8-13/h2-9H,11,19H2,1H3. The van der Waals surface area contributed by atoms with E-state index >= 15 is 0 Å². The summed E-state index contributed by atoms with van der Waals surface area (Å²) in [5.41, 5.74) is 5.86. The van der Waals surface area contributed by atoms with Crippen LogP contribution in [-0.4, -0.2) is 6.61 Å². The summed E-state index contributed by atoms with van der Waals surface area (Å²) in [4.78, 5) is 0. The first-order chi connectivity index (χ1) is 9.57. The summed E-state index contributed by atoms with van der Waals surface area (Å²) in [5, 5.41) is 9.29. The topological polar surface area (TPSA) is 59.0 Å². The molecule has 102 valence electrons. The second kappa shape index (κ2) is 5.72. The van der Waals surface area contributed by atoms with Gasteiger partial charge in [0.25, 0.3) is 0 Å². The first kappa shape index (κ1) is 14.0. The molecule has 0 heterocycles. The van der Waals surface area contributed by atoms with Crippen molar-refractivity contribution in [3.8, 4) is 11.8 Å². The van der Waals surface area contributed by atoms with Crippen LogP contribution < -0.4 is 10.5 Å². The lowest BCUT2D eigenvalue weighted by Crippen LogP contribution is -2.41. The maximum absolute atomic E-state index is 13.8. The molecule has 4 heteroatoms. The lowest BCUT2D eigenvalue weighted by molar-refractivity contribution is 0.244. The Hall–Kier alpha value is -2.38. The smallest absolute Gasteiger partial charge is 0.167 e. The van der Waals surface area contributed by atoms with Gasteiger partial charge in [-0.05, 0) is 24.1 Å². The largest absolute Gasteiger partial charge is 0.487 e. The highest BCUT2D eigenvalue weighted by molar-refractivity contribution is 5.33. The highest BCUT2D eigenvalue weighted by atomic mass is 19.1. The van der Waals surface area contributed by atoms with Gasteiger partial charge in [-0.25, -0.2) is 4.39 Å². The molecular weight excluding hydrogens is 255 g/mol. The predicted molar refractivity (Wildman–Crippen MR) is 74.6 cm³/mol. The van der Waals surface area contributed by atoms with E-state index in [1.165, 1.54) is 6.07 Å². The highest BCUT2D eigenvalue weighted by Crippen LogP contribution is 2.23. The summed E-state index contributed by atoms with van der Waals surface area (Å²) in [6.45, 7) is 1.53. The lowest BCUT2D eigenvalue weighted by atomic mass is 9.94. The summed E-state index contributed by atoms with van der Waals surface area (Å²) in [7, 11) is 0. The monoisotopic (exact) mass is 270 g/mol. The van der Waals surface area contributed by atoms with Crippen LogP contribution in [0, 0.1) is 24.1 Å². The predicted octanol–water partition coefficient (Wildman–Crippen LogP) is 2.89. The van der Waals surface area contributed by atoms with Gasteiger partial charge in [0.2, 0.25) is 0 Å². The fourth-order valence-electron chi connectivity index (χ4n) is 1.84. The average molecular weight is 270 g/mol. The molecule has 0 saturated carbocycles. The molecule has 2 rings (SSSR count). The molecule has 0 saturated heterocycles. The Labute approximate surface area is 117 Å². The molecule has 0 aliphatic carbocycles. The SMILES string of the molecule is Cc1cccc(OCC(N)(C#N)c2ccccc2)c1F. The number of nitrogens with zero attached hydrogens (tertiary/aromatic N) is 1. The van der Waals surface area contributed by atoms with Gasteiger partial charge >= 0.3 is 0 Å². The van der Waals surface area contributed by atoms with E-state index in [1.54, 1.807) is 43.3 Å². The molecule has 0 spiro atoms. The zero-order chi connectivity index (χ0) is 14.6. The number of hydrogen-bond donors (Lipinski definition) is 1. The molecule has 1 atom stereocenters. The summed E-state index contributed by atoms with van der Waals surface area (Å²) in [5.74, 6) is -0.327. The van der Waals surface area contributed by atoms with Crippen molar-refractivity contribution < 1.29 is 9.13 Å². The van der Waals surface area contributed by atoms with E-state index in [2.05, 4.69) is 0 Å². The quantitative estimate of drug-likeness (QED) is 0.929. The fourth-order valence-corrected chi connectivity index (χ4v) is 1.84. The third-order valence-corrected chi connectivity index (χ3v) is 3.10. The molecule has 0 aliphatic rings. The fraction of sp³-hybridized carbons (Fsp3) is 0.188. The van der Waals surface area contributed by atoms with Crippen LogP contribution in [-0.2, 0) is 5.54 Å². The second-order valence-electron chi connectivity index (χ2n) is 4.62. The molecule has 0 fully saturated rings. The highest BCUT2D eigenvalue weighted by Gasteiger charge is 2.28. The Morgan fingerprint density at radius 1 is 1.20 bits per heavy atom. The van der Waals surface area contributed by atoms with Gasteiger partial charge in [-0.15, -0.1) is 0 Å². The molecular formula is C16H15FN2O. The number of hydrogen-bond acceptors (Lipinski definition) is 3. The second-order valence-corrected chi connectivity index (χ2v) is 4.62. The lowest BCUT2D eigenvalue weighted by Gasteiger charge is -2.22. The van der Waals surface area contributed by atoms with Crippen LogP contribution in [0.3, 0.4) is 0 Å². The first-order valence-corrected chi connectivity index (χ1v) is 6.20. The zero-order valence-corrected chi connectivity index (χ0v) is 11.1. The van der Waals surface area contributed by atoms with Crippen LogP contribution in [0.25, 0.3) is 0 Å². The molecule has 0 bridgehead atoms. The molecule has 0 radical (unpaired) electrons. The molecule has 0 amide bonds. The van der Waals surface area contributed by atoms with Crippen LogP contribution >= 0.6 is 0 Å². The summed E-state index contributed by atoms with van der Waals surface area (Å²) < 4.78 is 19.2. The van der Waals surface area contributed by atoms with E-state index in [1.807, 2.05) is 12.1 Å². The van der Waals surface area contributed by atoms with Gasteiger partial charge in [-0.1, -0.05) is 42.5 Å². The number of benzene rings is 2. The Kier molecular flexibility index (Phi) is 4.02. The Morgan fingerprint density at radius 3 is 2.55 bits per heavy atom. The first-order valence-electron chi connectivity index (χ1n) is 6.20. The van der Waals surface area contributed by atoms with Crippen molar-refractivity contribution in [2.75, 3.05) is 6.61 Å². The van der Waals surface area contributed by atoms with E-state index in [0.717, 1.165) is 0 Å². The molecule has 2 N–H and O–H groups in total. The number of rotatable bonds is 4. The van der Waals surface area contributed by atoms with Crippen LogP contribution in [0.5, 0.6) is 5.75 Å². The third-order valence-electron chi connectivity index (χ3n) is 3.10. The Balaban J connectivity index is 2.20. The molecule has 2 aromatic rings. The van der Waals surface area contributed by atoms with Gasteiger partial charge in [0.1, 0.15) is 6.61 Å². The van der Waals surface area contributed by atoms with Crippen molar-refractivity contribution in [2.24, 2.45) is 5.73 Å². The van der Waals surface area contributed by atoms with Gasteiger partial charge < -0.3 is 10.5 Å². The van der Waals surface area contributed by atoms with Gasteiger partial charge in [-0.3, -0.25) is 0 Å². The minimum absolute atomic E-state index is 0.103. The molecule has 20 heavy (non-hydrogen) atoms. The molecule has 0 aliphatic heterocycles. The van der Waals surface area contributed by atoms with E-state index < -0.39 is 11.4 Å². The Morgan fingerprint density at radius 2 is 1.90 bits per heavy atom. The average Bonchev–Trinajstić information content (AvgIpc) is 2.49. The minimum atomic E-state index is -1.31. The van der Waals surface area contributed by atoms with Crippen LogP contribution in [0.2, 0.25) is 0 Å². The van der Waals surface area contributed by atoms with Crippen LogP contribution in [0.15, 0.2) is 48.5 Å².